The first-order valence-corrected chi connectivity index (χ1v) is 8.20. The molecule has 126 valence electrons. The lowest BCUT2D eigenvalue weighted by Crippen LogP contribution is -2.37. The van der Waals surface area contributed by atoms with Gasteiger partial charge in [-0.15, -0.1) is 0 Å². The van der Waals surface area contributed by atoms with Crippen molar-refractivity contribution in [3.05, 3.63) is 47.8 Å². The van der Waals surface area contributed by atoms with Gasteiger partial charge in [0.05, 0.1) is 18.8 Å². The molecule has 1 aliphatic heterocycles. The molecule has 1 fully saturated rings. The average molecular weight is 326 g/mol. The molecule has 24 heavy (non-hydrogen) atoms. The molecule has 2 aromatic rings. The standard InChI is InChI=1S/C18H22N4O2/c1-13(2)15-5-3-4-6-16(15)21-17(23)14-11-19-18(20-12-14)22-7-9-24-10-8-22/h3-6,11-13H,7-10H2,1-2H3,(H,21,23). The molecule has 3 rings (SSSR count). The molecule has 2 heterocycles. The number of nitrogens with zero attached hydrogens (tertiary/aromatic N) is 3. The number of anilines is 2. The molecular formula is C18H22N4O2. The second-order valence-electron chi connectivity index (χ2n) is 6.07. The lowest BCUT2D eigenvalue weighted by molar-refractivity contribution is 0.102. The summed E-state index contributed by atoms with van der Waals surface area (Å²) in [6.07, 6.45) is 3.15. The van der Waals surface area contributed by atoms with Crippen molar-refractivity contribution in [1.29, 1.82) is 0 Å². The molecule has 1 aliphatic rings. The SMILES string of the molecule is CC(C)c1ccccc1NC(=O)c1cnc(N2CCOCC2)nc1. The highest BCUT2D eigenvalue weighted by molar-refractivity contribution is 6.04. The fraction of sp³-hybridized carbons (Fsp3) is 0.389. The highest BCUT2D eigenvalue weighted by Gasteiger charge is 2.15. The van der Waals surface area contributed by atoms with Crippen molar-refractivity contribution in [3.63, 3.8) is 0 Å². The Morgan fingerprint density at radius 2 is 1.83 bits per heavy atom. The van der Waals surface area contributed by atoms with Crippen molar-refractivity contribution in [3.8, 4) is 0 Å². The lowest BCUT2D eigenvalue weighted by atomic mass is 10.0. The normalized spacial score (nSPS) is 14.7. The summed E-state index contributed by atoms with van der Waals surface area (Å²) in [5.74, 6) is 0.774. The van der Waals surface area contributed by atoms with Crippen molar-refractivity contribution >= 4 is 17.5 Å². The van der Waals surface area contributed by atoms with Crippen LogP contribution in [-0.4, -0.2) is 42.2 Å². The summed E-state index contributed by atoms with van der Waals surface area (Å²) in [5.41, 5.74) is 2.39. The molecule has 1 N–H and O–H groups in total. The summed E-state index contributed by atoms with van der Waals surface area (Å²) >= 11 is 0. The van der Waals surface area contributed by atoms with Crippen LogP contribution in [0, 0.1) is 0 Å². The molecule has 6 nitrogen and oxygen atoms in total. The molecule has 0 aliphatic carbocycles. The molecule has 1 saturated heterocycles. The zero-order valence-corrected chi connectivity index (χ0v) is 14.0. The number of benzene rings is 1. The molecule has 0 unspecified atom stereocenters. The number of morpholine rings is 1. The van der Waals surface area contributed by atoms with E-state index in [1.54, 1.807) is 12.4 Å². The van der Waals surface area contributed by atoms with Crippen LogP contribution in [0.25, 0.3) is 0 Å². The van der Waals surface area contributed by atoms with Gasteiger partial charge in [0.1, 0.15) is 0 Å². The number of amides is 1. The lowest BCUT2D eigenvalue weighted by Gasteiger charge is -2.26. The van der Waals surface area contributed by atoms with Crippen LogP contribution < -0.4 is 10.2 Å². The molecule has 1 aromatic carbocycles. The van der Waals surface area contributed by atoms with Gasteiger partial charge in [-0.25, -0.2) is 9.97 Å². The molecular weight excluding hydrogens is 304 g/mol. The number of nitrogens with one attached hydrogen (secondary N) is 1. The summed E-state index contributed by atoms with van der Waals surface area (Å²) in [4.78, 5) is 23.1. The fourth-order valence-electron chi connectivity index (χ4n) is 2.67. The van der Waals surface area contributed by atoms with Crippen molar-refractivity contribution in [2.75, 3.05) is 36.5 Å². The van der Waals surface area contributed by atoms with Crippen LogP contribution in [0.3, 0.4) is 0 Å². The Balaban J connectivity index is 1.71. The minimum atomic E-state index is -0.198. The summed E-state index contributed by atoms with van der Waals surface area (Å²) in [6, 6.07) is 7.83. The van der Waals surface area contributed by atoms with E-state index in [2.05, 4.69) is 34.0 Å². The van der Waals surface area contributed by atoms with Crippen LogP contribution in [0.5, 0.6) is 0 Å². The Hall–Kier alpha value is -2.47. The topological polar surface area (TPSA) is 67.4 Å². The van der Waals surface area contributed by atoms with E-state index in [0.717, 1.165) is 24.3 Å². The second kappa shape index (κ2) is 7.40. The maximum atomic E-state index is 12.5. The van der Waals surface area contributed by atoms with E-state index in [0.29, 0.717) is 30.6 Å². The van der Waals surface area contributed by atoms with Gasteiger partial charge in [-0.3, -0.25) is 4.79 Å². The van der Waals surface area contributed by atoms with Gasteiger partial charge in [-0.05, 0) is 17.5 Å². The maximum Gasteiger partial charge on any atom is 0.258 e. The van der Waals surface area contributed by atoms with Gasteiger partial charge in [0, 0.05) is 31.2 Å². The van der Waals surface area contributed by atoms with Gasteiger partial charge in [0.2, 0.25) is 5.95 Å². The minimum absolute atomic E-state index is 0.198. The van der Waals surface area contributed by atoms with E-state index in [-0.39, 0.29) is 5.91 Å². The highest BCUT2D eigenvalue weighted by Crippen LogP contribution is 2.24. The Kier molecular flexibility index (Phi) is 5.05. The van der Waals surface area contributed by atoms with Crippen molar-refractivity contribution in [1.82, 2.24) is 9.97 Å². The molecule has 0 radical (unpaired) electrons. The molecule has 0 spiro atoms. The average Bonchev–Trinajstić information content (AvgIpc) is 2.63. The molecule has 6 heteroatoms. The van der Waals surface area contributed by atoms with Crippen molar-refractivity contribution in [2.45, 2.75) is 19.8 Å². The summed E-state index contributed by atoms with van der Waals surface area (Å²) in [5, 5.41) is 2.95. The number of para-hydroxylation sites is 1. The van der Waals surface area contributed by atoms with Crippen LogP contribution >= 0.6 is 0 Å². The van der Waals surface area contributed by atoms with E-state index < -0.39 is 0 Å². The van der Waals surface area contributed by atoms with E-state index >= 15 is 0 Å². The Labute approximate surface area is 141 Å². The van der Waals surface area contributed by atoms with E-state index in [1.807, 2.05) is 24.3 Å². The van der Waals surface area contributed by atoms with Crippen molar-refractivity contribution < 1.29 is 9.53 Å². The summed E-state index contributed by atoms with van der Waals surface area (Å²) in [6.45, 7) is 7.10. The highest BCUT2D eigenvalue weighted by atomic mass is 16.5. The van der Waals surface area contributed by atoms with E-state index in [9.17, 15) is 4.79 Å². The zero-order chi connectivity index (χ0) is 16.9. The predicted molar refractivity (Wildman–Crippen MR) is 93.5 cm³/mol. The number of hydrogen-bond acceptors (Lipinski definition) is 5. The van der Waals surface area contributed by atoms with Crippen LogP contribution in [-0.2, 0) is 4.74 Å². The number of carbonyl (C=O) groups excluding carboxylic acids is 1. The Morgan fingerprint density at radius 1 is 1.17 bits per heavy atom. The van der Waals surface area contributed by atoms with Gasteiger partial charge < -0.3 is 15.0 Å². The third-order valence-corrected chi connectivity index (χ3v) is 4.03. The fourth-order valence-corrected chi connectivity index (χ4v) is 2.67. The quantitative estimate of drug-likeness (QED) is 0.935. The molecule has 0 saturated carbocycles. The monoisotopic (exact) mass is 326 g/mol. The largest absolute Gasteiger partial charge is 0.378 e. The number of carbonyl (C=O) groups is 1. The minimum Gasteiger partial charge on any atom is -0.378 e. The van der Waals surface area contributed by atoms with Gasteiger partial charge in [0.25, 0.3) is 5.91 Å². The molecule has 1 aromatic heterocycles. The van der Waals surface area contributed by atoms with Crippen LogP contribution in [0.2, 0.25) is 0 Å². The zero-order valence-electron chi connectivity index (χ0n) is 14.0. The first kappa shape index (κ1) is 16.4. The molecule has 1 amide bonds. The first-order chi connectivity index (χ1) is 11.6. The van der Waals surface area contributed by atoms with E-state index in [4.69, 9.17) is 4.74 Å². The maximum absolute atomic E-state index is 12.5. The van der Waals surface area contributed by atoms with Gasteiger partial charge in [0.15, 0.2) is 0 Å². The van der Waals surface area contributed by atoms with Gasteiger partial charge in [-0.1, -0.05) is 32.0 Å². The Morgan fingerprint density at radius 3 is 2.50 bits per heavy atom. The van der Waals surface area contributed by atoms with E-state index in [1.165, 1.54) is 0 Å². The predicted octanol–water partition coefficient (Wildman–Crippen LogP) is 2.69. The number of rotatable bonds is 4. The Bertz CT molecular complexity index is 694. The van der Waals surface area contributed by atoms with Gasteiger partial charge in [-0.2, -0.15) is 0 Å². The molecule has 0 atom stereocenters. The number of ether oxygens (including phenoxy) is 1. The summed E-state index contributed by atoms with van der Waals surface area (Å²) < 4.78 is 5.32. The van der Waals surface area contributed by atoms with Crippen LogP contribution in [0.1, 0.15) is 35.7 Å². The third-order valence-electron chi connectivity index (χ3n) is 4.03. The van der Waals surface area contributed by atoms with Crippen LogP contribution in [0.4, 0.5) is 11.6 Å². The number of hydrogen-bond donors (Lipinski definition) is 1. The molecule has 0 bridgehead atoms. The third kappa shape index (κ3) is 3.71. The van der Waals surface area contributed by atoms with Crippen LogP contribution in [0.15, 0.2) is 36.7 Å². The smallest absolute Gasteiger partial charge is 0.258 e. The van der Waals surface area contributed by atoms with Gasteiger partial charge >= 0.3 is 0 Å². The van der Waals surface area contributed by atoms with Crippen molar-refractivity contribution in [2.24, 2.45) is 0 Å². The summed E-state index contributed by atoms with van der Waals surface area (Å²) in [7, 11) is 0. The first-order valence-electron chi connectivity index (χ1n) is 8.20. The number of aromatic nitrogens is 2. The second-order valence-corrected chi connectivity index (χ2v) is 6.07.